The van der Waals surface area contributed by atoms with Gasteiger partial charge in [0.1, 0.15) is 0 Å². The summed E-state index contributed by atoms with van der Waals surface area (Å²) in [5.74, 6) is 0. The maximum Gasteiger partial charge on any atom is -0.0351 e. The van der Waals surface area contributed by atoms with Gasteiger partial charge in [-0.25, -0.2) is 0 Å². The molecule has 0 bridgehead atoms. The molecule has 0 aromatic heterocycles. The summed E-state index contributed by atoms with van der Waals surface area (Å²) in [4.78, 5) is 0. The Morgan fingerprint density at radius 1 is 0.367 bits per heavy atom. The molecule has 0 spiro atoms. The van der Waals surface area contributed by atoms with Crippen molar-refractivity contribution >= 4 is 0 Å². The molecule has 0 amide bonds. The summed E-state index contributed by atoms with van der Waals surface area (Å²) in [6, 6.07) is 0. The average Bonchev–Trinajstić information content (AvgIpc) is 2.77. The van der Waals surface area contributed by atoms with Crippen LogP contribution in [0.15, 0.2) is 37.0 Å². The predicted octanol–water partition coefficient (Wildman–Crippen LogP) is 11.8. The molecule has 0 saturated carbocycles. The third-order valence-electron chi connectivity index (χ3n) is 4.97. The lowest BCUT2D eigenvalue weighted by Crippen LogP contribution is -1.76. The molecule has 0 N–H and O–H groups in total. The Hall–Kier alpha value is -0.780. The van der Waals surface area contributed by atoms with Crippen molar-refractivity contribution in [3.63, 3.8) is 0 Å². The Bertz CT molecular complexity index is 300. The van der Waals surface area contributed by atoms with E-state index >= 15 is 0 Å². The van der Waals surface area contributed by atoms with E-state index < -0.39 is 0 Å². The van der Waals surface area contributed by atoms with E-state index in [0.717, 1.165) is 0 Å². The molecular weight excluding hydrogens is 360 g/mol. The highest BCUT2D eigenvalue weighted by molar-refractivity contribution is 4.81. The highest BCUT2D eigenvalue weighted by atomic mass is 13.9. The number of allylic oxidation sites excluding steroid dienone is 5. The van der Waals surface area contributed by atoms with E-state index in [1.807, 2.05) is 6.08 Å². The van der Waals surface area contributed by atoms with Crippen LogP contribution in [-0.2, 0) is 0 Å². The van der Waals surface area contributed by atoms with Crippen molar-refractivity contribution in [3.8, 4) is 0 Å². The molecule has 0 nitrogen and oxygen atoms in total. The average molecular weight is 421 g/mol. The highest BCUT2D eigenvalue weighted by Gasteiger charge is 1.86. The van der Waals surface area contributed by atoms with Crippen LogP contribution in [0.1, 0.15) is 157 Å². The largest absolute Gasteiger partial charge is 0.103 e. The van der Waals surface area contributed by atoms with E-state index in [0.29, 0.717) is 0 Å². The van der Waals surface area contributed by atoms with E-state index in [2.05, 4.69) is 65.5 Å². The van der Waals surface area contributed by atoms with Crippen LogP contribution >= 0.6 is 0 Å². The Morgan fingerprint density at radius 2 is 0.733 bits per heavy atom. The minimum atomic E-state index is 1.20. The Kier molecular flexibility index (Phi) is 43.8. The van der Waals surface area contributed by atoms with Gasteiger partial charge in [-0.1, -0.05) is 142 Å². The van der Waals surface area contributed by atoms with Crippen molar-refractivity contribution < 1.29 is 0 Å². The molecule has 0 heterocycles. The third kappa shape index (κ3) is 45.8. The fraction of sp³-hybridized carbons (Fsp3) is 0.800. The van der Waals surface area contributed by atoms with Gasteiger partial charge in [0, 0.05) is 0 Å². The second kappa shape index (κ2) is 38.8. The lowest BCUT2D eigenvalue weighted by molar-refractivity contribution is 0.611. The lowest BCUT2D eigenvalue weighted by atomic mass is 10.1. The van der Waals surface area contributed by atoms with Crippen LogP contribution in [0.3, 0.4) is 0 Å². The van der Waals surface area contributed by atoms with Crippen molar-refractivity contribution in [2.24, 2.45) is 0 Å². The second-order valence-electron chi connectivity index (χ2n) is 8.36. The molecule has 0 atom stereocenters. The van der Waals surface area contributed by atoms with Crippen LogP contribution in [-0.4, -0.2) is 0 Å². The fourth-order valence-electron chi connectivity index (χ4n) is 2.86. The summed E-state index contributed by atoms with van der Waals surface area (Å²) in [6.45, 7) is 14.9. The fourth-order valence-corrected chi connectivity index (χ4v) is 2.86. The Balaban J connectivity index is -0.000000364. The molecule has 0 heteroatoms. The van der Waals surface area contributed by atoms with Gasteiger partial charge in [0.2, 0.25) is 0 Å². The molecule has 0 saturated heterocycles. The van der Waals surface area contributed by atoms with Gasteiger partial charge in [0.25, 0.3) is 0 Å². The van der Waals surface area contributed by atoms with Gasteiger partial charge < -0.3 is 0 Å². The van der Waals surface area contributed by atoms with Crippen LogP contribution in [0.5, 0.6) is 0 Å². The van der Waals surface area contributed by atoms with Gasteiger partial charge in [0.15, 0.2) is 0 Å². The Morgan fingerprint density at radius 3 is 1.20 bits per heavy atom. The van der Waals surface area contributed by atoms with Crippen LogP contribution in [0.4, 0.5) is 0 Å². The van der Waals surface area contributed by atoms with Crippen LogP contribution in [0, 0.1) is 0 Å². The summed E-state index contributed by atoms with van der Waals surface area (Å²) < 4.78 is 0. The van der Waals surface area contributed by atoms with Crippen molar-refractivity contribution in [1.82, 2.24) is 0 Å². The minimum Gasteiger partial charge on any atom is -0.103 e. The van der Waals surface area contributed by atoms with Crippen LogP contribution in [0.2, 0.25) is 0 Å². The van der Waals surface area contributed by atoms with Crippen molar-refractivity contribution in [3.05, 3.63) is 37.0 Å². The minimum absolute atomic E-state index is 1.20. The second-order valence-corrected chi connectivity index (χ2v) is 8.36. The number of unbranched alkanes of at least 4 members (excludes halogenated alkanes) is 14. The molecule has 30 heavy (non-hydrogen) atoms. The maximum absolute atomic E-state index is 3.69. The van der Waals surface area contributed by atoms with E-state index in [-0.39, 0.29) is 0 Å². The lowest BCUT2D eigenvalue weighted by Gasteiger charge is -1.96. The molecule has 0 unspecified atom stereocenters. The van der Waals surface area contributed by atoms with E-state index in [4.69, 9.17) is 0 Å². The van der Waals surface area contributed by atoms with Gasteiger partial charge in [0.05, 0.1) is 0 Å². The molecule has 0 aromatic carbocycles. The normalized spacial score (nSPS) is 10.6. The number of hydrogen-bond acceptors (Lipinski definition) is 0. The smallest absolute Gasteiger partial charge is 0.0351 e. The van der Waals surface area contributed by atoms with E-state index in [9.17, 15) is 0 Å². The zero-order valence-corrected chi connectivity index (χ0v) is 22.0. The highest BCUT2D eigenvalue weighted by Crippen LogP contribution is 2.06. The van der Waals surface area contributed by atoms with E-state index in [1.54, 1.807) is 0 Å². The maximum atomic E-state index is 3.69. The molecule has 0 aliphatic heterocycles. The van der Waals surface area contributed by atoms with Crippen LogP contribution in [0.25, 0.3) is 0 Å². The summed E-state index contributed by atoms with van der Waals surface area (Å²) in [7, 11) is 0. The summed E-state index contributed by atoms with van der Waals surface area (Å²) in [5.41, 5.74) is 0. The monoisotopic (exact) mass is 420 g/mol. The SMILES string of the molecule is C=CCCCCCCCC.CCC/C=C/CCCCC.CCCC/C=C/CCCC. The topological polar surface area (TPSA) is 0 Å². The molecule has 0 aromatic rings. The quantitative estimate of drug-likeness (QED) is 0.144. The first-order chi connectivity index (χ1) is 14.7. The Labute approximate surface area is 193 Å². The molecule has 0 radical (unpaired) electrons. The zero-order chi connectivity index (χ0) is 23.0. The summed E-state index contributed by atoms with van der Waals surface area (Å²) >= 11 is 0. The predicted molar refractivity (Wildman–Crippen MR) is 145 cm³/mol. The number of rotatable bonds is 19. The number of hydrogen-bond donors (Lipinski definition) is 0. The third-order valence-corrected chi connectivity index (χ3v) is 4.97. The van der Waals surface area contributed by atoms with Crippen molar-refractivity contribution in [1.29, 1.82) is 0 Å². The molecule has 0 aliphatic rings. The summed E-state index contributed by atoms with van der Waals surface area (Å²) in [5, 5.41) is 0. The van der Waals surface area contributed by atoms with Crippen molar-refractivity contribution in [2.75, 3.05) is 0 Å². The van der Waals surface area contributed by atoms with Crippen molar-refractivity contribution in [2.45, 2.75) is 157 Å². The first kappa shape index (κ1) is 33.8. The van der Waals surface area contributed by atoms with Gasteiger partial charge in [-0.05, 0) is 44.9 Å². The molecule has 180 valence electrons. The standard InChI is InChI=1S/3C10H20/c3*1-3-5-7-9-10-8-6-4-2/h9-10H,3-8H2,1-2H3;7,9H,3-6,8,10H2,1-2H3;3H,1,4-10H2,2H3/b10-9+;9-7+;. The van der Waals surface area contributed by atoms with Gasteiger partial charge >= 0.3 is 0 Å². The van der Waals surface area contributed by atoms with E-state index in [1.165, 1.54) is 122 Å². The summed E-state index contributed by atoms with van der Waals surface area (Å²) in [6.07, 6.45) is 36.6. The van der Waals surface area contributed by atoms with Gasteiger partial charge in [-0.3, -0.25) is 0 Å². The first-order valence-electron chi connectivity index (χ1n) is 13.7. The van der Waals surface area contributed by atoms with Gasteiger partial charge in [-0.15, -0.1) is 6.58 Å². The zero-order valence-electron chi connectivity index (χ0n) is 22.0. The molecule has 0 fully saturated rings. The molecular formula is C30H60. The first-order valence-corrected chi connectivity index (χ1v) is 13.7. The van der Waals surface area contributed by atoms with Gasteiger partial charge in [-0.2, -0.15) is 0 Å². The molecule has 0 aliphatic carbocycles. The molecule has 0 rings (SSSR count). The van der Waals surface area contributed by atoms with Crippen LogP contribution < -0.4 is 0 Å².